The first kappa shape index (κ1) is 19.6. The number of benzene rings is 2. The van der Waals surface area contributed by atoms with Gasteiger partial charge in [-0.05, 0) is 43.7 Å². The van der Waals surface area contributed by atoms with Crippen LogP contribution >= 0.6 is 34.8 Å². The Labute approximate surface area is 161 Å². The van der Waals surface area contributed by atoms with Crippen molar-refractivity contribution in [3.63, 3.8) is 0 Å². The van der Waals surface area contributed by atoms with Crippen molar-refractivity contribution in [3.8, 4) is 0 Å². The molecule has 0 aromatic heterocycles. The van der Waals surface area contributed by atoms with E-state index < -0.39 is 11.9 Å². The summed E-state index contributed by atoms with van der Waals surface area (Å²) < 4.78 is 0. The fourth-order valence-corrected chi connectivity index (χ4v) is 3.05. The Morgan fingerprint density at radius 2 is 1.60 bits per heavy atom. The lowest BCUT2D eigenvalue weighted by Crippen LogP contribution is -2.45. The lowest BCUT2D eigenvalue weighted by molar-refractivity contribution is -0.123. The highest BCUT2D eigenvalue weighted by Crippen LogP contribution is 2.26. The first-order valence-electron chi connectivity index (χ1n) is 7.60. The minimum absolute atomic E-state index is 0.317. The van der Waals surface area contributed by atoms with Gasteiger partial charge in [-0.3, -0.25) is 9.59 Å². The molecule has 0 spiro atoms. The Hall–Kier alpha value is -1.75. The Morgan fingerprint density at radius 3 is 2.24 bits per heavy atom. The first-order valence-corrected chi connectivity index (χ1v) is 8.73. The highest BCUT2D eigenvalue weighted by molar-refractivity contribution is 6.35. The molecule has 0 aliphatic rings. The van der Waals surface area contributed by atoms with Gasteiger partial charge in [0.05, 0.1) is 16.6 Å². The highest BCUT2D eigenvalue weighted by Gasteiger charge is 2.20. The molecule has 0 fully saturated rings. The van der Waals surface area contributed by atoms with Crippen LogP contribution in [0.3, 0.4) is 0 Å². The van der Waals surface area contributed by atoms with Crippen LogP contribution in [0.4, 0.5) is 0 Å². The number of carbonyl (C=O) groups excluding carboxylic acids is 2. The third-order valence-corrected chi connectivity index (χ3v) is 4.54. The quantitative estimate of drug-likeness (QED) is 0.769. The third kappa shape index (κ3) is 5.11. The van der Waals surface area contributed by atoms with Gasteiger partial charge in [-0.15, -0.1) is 0 Å². The minimum Gasteiger partial charge on any atom is -0.348 e. The van der Waals surface area contributed by atoms with Crippen LogP contribution in [0.2, 0.25) is 15.1 Å². The van der Waals surface area contributed by atoms with Gasteiger partial charge in [0, 0.05) is 10.0 Å². The monoisotopic (exact) mass is 398 g/mol. The van der Waals surface area contributed by atoms with Crippen molar-refractivity contribution in [2.75, 3.05) is 0 Å². The molecular formula is C18H17Cl3N2O2. The molecule has 2 aromatic rings. The van der Waals surface area contributed by atoms with Gasteiger partial charge in [-0.25, -0.2) is 0 Å². The summed E-state index contributed by atoms with van der Waals surface area (Å²) in [5.41, 5.74) is 1.06. The van der Waals surface area contributed by atoms with Crippen LogP contribution in [-0.4, -0.2) is 17.9 Å². The van der Waals surface area contributed by atoms with Crippen LogP contribution in [0.1, 0.15) is 35.8 Å². The molecule has 132 valence electrons. The molecule has 0 saturated heterocycles. The molecule has 2 atom stereocenters. The van der Waals surface area contributed by atoms with Crippen molar-refractivity contribution >= 4 is 46.6 Å². The van der Waals surface area contributed by atoms with Crippen LogP contribution in [0.5, 0.6) is 0 Å². The van der Waals surface area contributed by atoms with E-state index in [9.17, 15) is 9.59 Å². The smallest absolute Gasteiger partial charge is 0.253 e. The molecule has 7 heteroatoms. The zero-order valence-electron chi connectivity index (χ0n) is 13.6. The summed E-state index contributed by atoms with van der Waals surface area (Å²) in [6, 6.07) is 10.6. The predicted molar refractivity (Wildman–Crippen MR) is 101 cm³/mol. The summed E-state index contributed by atoms with van der Waals surface area (Å²) in [4.78, 5) is 24.5. The average Bonchev–Trinajstić information content (AvgIpc) is 2.54. The van der Waals surface area contributed by atoms with Crippen LogP contribution in [0, 0.1) is 0 Å². The molecule has 2 rings (SSSR count). The molecule has 0 aliphatic heterocycles. The summed E-state index contributed by atoms with van der Waals surface area (Å²) in [7, 11) is 0. The van der Waals surface area contributed by atoms with Crippen LogP contribution in [0.15, 0.2) is 42.5 Å². The van der Waals surface area contributed by atoms with Gasteiger partial charge in [-0.1, -0.05) is 53.0 Å². The maximum atomic E-state index is 12.3. The van der Waals surface area contributed by atoms with E-state index in [4.69, 9.17) is 34.8 Å². The van der Waals surface area contributed by atoms with Gasteiger partial charge >= 0.3 is 0 Å². The van der Waals surface area contributed by atoms with Crippen LogP contribution < -0.4 is 10.6 Å². The number of hydrogen-bond acceptors (Lipinski definition) is 2. The zero-order valence-corrected chi connectivity index (χ0v) is 15.9. The van der Waals surface area contributed by atoms with E-state index in [-0.39, 0.29) is 11.9 Å². The zero-order chi connectivity index (χ0) is 18.6. The molecule has 0 heterocycles. The lowest BCUT2D eigenvalue weighted by atomic mass is 10.1. The maximum absolute atomic E-state index is 12.3. The second-order valence-corrected chi connectivity index (χ2v) is 6.82. The second-order valence-electron chi connectivity index (χ2n) is 5.57. The fourth-order valence-electron chi connectivity index (χ4n) is 2.25. The number of rotatable bonds is 5. The van der Waals surface area contributed by atoms with Crippen LogP contribution in [0.25, 0.3) is 0 Å². The van der Waals surface area contributed by atoms with Crippen LogP contribution in [-0.2, 0) is 4.79 Å². The minimum atomic E-state index is -0.739. The molecule has 2 N–H and O–H groups in total. The van der Waals surface area contributed by atoms with E-state index in [0.717, 1.165) is 5.56 Å². The van der Waals surface area contributed by atoms with Gasteiger partial charge in [0.15, 0.2) is 0 Å². The van der Waals surface area contributed by atoms with E-state index >= 15 is 0 Å². The van der Waals surface area contributed by atoms with Gasteiger partial charge in [0.1, 0.15) is 6.04 Å². The average molecular weight is 400 g/mol. The molecule has 4 nitrogen and oxygen atoms in total. The molecule has 0 radical (unpaired) electrons. The number of nitrogens with one attached hydrogen (secondary N) is 2. The SMILES string of the molecule is CC(NC(=O)[C@H](C)NC(=O)c1ccccc1Cl)c1ccc(Cl)cc1Cl. The Bertz CT molecular complexity index is 796. The van der Waals surface area contributed by atoms with Crippen molar-refractivity contribution in [2.45, 2.75) is 25.9 Å². The first-order chi connectivity index (χ1) is 11.8. The topological polar surface area (TPSA) is 58.2 Å². The fraction of sp³-hybridized carbons (Fsp3) is 0.222. The molecule has 0 bridgehead atoms. The van der Waals surface area contributed by atoms with E-state index in [2.05, 4.69) is 10.6 Å². The van der Waals surface area contributed by atoms with E-state index in [0.29, 0.717) is 20.6 Å². The molecule has 0 saturated carbocycles. The molecule has 1 unspecified atom stereocenters. The van der Waals surface area contributed by atoms with Crippen molar-refractivity contribution in [3.05, 3.63) is 68.7 Å². The molecule has 0 aliphatic carbocycles. The van der Waals surface area contributed by atoms with E-state index in [1.807, 2.05) is 0 Å². The second kappa shape index (κ2) is 8.56. The van der Waals surface area contributed by atoms with Crippen molar-refractivity contribution < 1.29 is 9.59 Å². The summed E-state index contributed by atoms with van der Waals surface area (Å²) >= 11 is 18.0. The standard InChI is InChI=1S/C18H17Cl3N2O2/c1-10(13-8-7-12(19)9-16(13)21)22-17(24)11(2)23-18(25)14-5-3-4-6-15(14)20/h3-11H,1-2H3,(H,22,24)(H,23,25)/t10?,11-/m0/s1. The Kier molecular flexibility index (Phi) is 6.71. The number of halogens is 3. The molecule has 2 aromatic carbocycles. The Balaban J connectivity index is 2.00. The van der Waals surface area contributed by atoms with E-state index in [1.54, 1.807) is 56.3 Å². The summed E-state index contributed by atoms with van der Waals surface area (Å²) in [6.45, 7) is 3.40. The summed E-state index contributed by atoms with van der Waals surface area (Å²) in [5.74, 6) is -0.746. The van der Waals surface area contributed by atoms with Crippen molar-refractivity contribution in [1.82, 2.24) is 10.6 Å². The maximum Gasteiger partial charge on any atom is 0.253 e. The number of carbonyl (C=O) groups is 2. The van der Waals surface area contributed by atoms with Gasteiger partial charge < -0.3 is 10.6 Å². The normalized spacial score (nSPS) is 13.0. The van der Waals surface area contributed by atoms with E-state index in [1.165, 1.54) is 0 Å². The largest absolute Gasteiger partial charge is 0.348 e. The summed E-state index contributed by atoms with van der Waals surface area (Å²) in [6.07, 6.45) is 0. The third-order valence-electron chi connectivity index (χ3n) is 3.65. The van der Waals surface area contributed by atoms with Crippen molar-refractivity contribution in [1.29, 1.82) is 0 Å². The van der Waals surface area contributed by atoms with Crippen molar-refractivity contribution in [2.24, 2.45) is 0 Å². The highest BCUT2D eigenvalue weighted by atomic mass is 35.5. The predicted octanol–water partition coefficient (Wildman–Crippen LogP) is 4.64. The van der Waals surface area contributed by atoms with Gasteiger partial charge in [-0.2, -0.15) is 0 Å². The lowest BCUT2D eigenvalue weighted by Gasteiger charge is -2.20. The molecule has 25 heavy (non-hydrogen) atoms. The number of hydrogen-bond donors (Lipinski definition) is 2. The van der Waals surface area contributed by atoms with Gasteiger partial charge in [0.25, 0.3) is 5.91 Å². The summed E-state index contributed by atoms with van der Waals surface area (Å²) in [5, 5.41) is 6.76. The van der Waals surface area contributed by atoms with Gasteiger partial charge in [0.2, 0.25) is 5.91 Å². The Morgan fingerprint density at radius 1 is 0.920 bits per heavy atom. The molecular weight excluding hydrogens is 383 g/mol. The number of amides is 2. The molecule has 2 amide bonds.